The molecular weight excluding hydrogens is 341 g/mol. The molecule has 7 nitrogen and oxygen atoms in total. The fourth-order valence-corrected chi connectivity index (χ4v) is 2.37. The van der Waals surface area contributed by atoms with E-state index in [1.54, 1.807) is 26.0 Å². The van der Waals surface area contributed by atoms with E-state index in [0.717, 1.165) is 0 Å². The highest BCUT2D eigenvalue weighted by atomic mass is 19.1. The Balaban J connectivity index is 1.74. The van der Waals surface area contributed by atoms with Crippen LogP contribution in [0.15, 0.2) is 34.9 Å². The van der Waals surface area contributed by atoms with Crippen LogP contribution >= 0.6 is 0 Å². The van der Waals surface area contributed by atoms with Gasteiger partial charge in [0.15, 0.2) is 11.9 Å². The molecule has 2 heterocycles. The van der Waals surface area contributed by atoms with E-state index in [2.05, 4.69) is 15.5 Å². The van der Waals surface area contributed by atoms with E-state index >= 15 is 0 Å². The smallest absolute Gasteiger partial charge is 0.340 e. The summed E-state index contributed by atoms with van der Waals surface area (Å²) in [5, 5.41) is 6.73. The number of ether oxygens (including phenoxy) is 1. The normalized spacial score (nSPS) is 12.0. The lowest BCUT2D eigenvalue weighted by atomic mass is 10.1. The average Bonchev–Trinajstić information content (AvgIpc) is 2.98. The average molecular weight is 357 g/mol. The Morgan fingerprint density at radius 2 is 2.00 bits per heavy atom. The minimum Gasteiger partial charge on any atom is -0.449 e. The molecule has 3 rings (SSSR count). The second kappa shape index (κ2) is 6.91. The van der Waals surface area contributed by atoms with Gasteiger partial charge in [-0.25, -0.2) is 9.18 Å². The third-order valence-electron chi connectivity index (χ3n) is 3.72. The fourth-order valence-electron chi connectivity index (χ4n) is 2.37. The lowest BCUT2D eigenvalue weighted by molar-refractivity contribution is -0.123. The highest BCUT2D eigenvalue weighted by molar-refractivity contribution is 5.98. The summed E-state index contributed by atoms with van der Waals surface area (Å²) in [6, 6.07) is 7.20. The molecular formula is C18H16FN3O4. The van der Waals surface area contributed by atoms with Crippen LogP contribution in [0.1, 0.15) is 28.7 Å². The van der Waals surface area contributed by atoms with Gasteiger partial charge in [0.25, 0.3) is 5.91 Å². The Morgan fingerprint density at radius 1 is 1.23 bits per heavy atom. The summed E-state index contributed by atoms with van der Waals surface area (Å²) < 4.78 is 23.3. The molecule has 0 saturated carbocycles. The van der Waals surface area contributed by atoms with Gasteiger partial charge < -0.3 is 14.6 Å². The first-order valence-corrected chi connectivity index (χ1v) is 7.85. The summed E-state index contributed by atoms with van der Waals surface area (Å²) in [4.78, 5) is 28.7. The predicted octanol–water partition coefficient (Wildman–Crippen LogP) is 3.16. The molecule has 2 aromatic heterocycles. The molecule has 3 aromatic rings. The number of fused-ring (bicyclic) bond motifs is 1. The van der Waals surface area contributed by atoms with Crippen molar-refractivity contribution in [3.8, 4) is 0 Å². The third kappa shape index (κ3) is 3.69. The molecule has 0 spiro atoms. The minimum atomic E-state index is -1.05. The van der Waals surface area contributed by atoms with Crippen LogP contribution in [0.3, 0.4) is 0 Å². The summed E-state index contributed by atoms with van der Waals surface area (Å²) in [6.07, 6.45) is -1.05. The molecule has 0 bridgehead atoms. The number of esters is 1. The number of carbonyl (C=O) groups excluding carboxylic acids is 2. The molecule has 8 heteroatoms. The standard InChI is InChI=1S/C18H16FN3O4/c1-9-6-16(22-26-9)21-17(23)11(3)25-18(24)14-7-12-4-5-13(19)8-15(12)20-10(14)2/h4-8,11H,1-3H3,(H,21,22,23)/t11-/m0/s1. The zero-order valence-corrected chi connectivity index (χ0v) is 14.4. The highest BCUT2D eigenvalue weighted by Gasteiger charge is 2.22. The lowest BCUT2D eigenvalue weighted by Gasteiger charge is -2.13. The molecule has 0 aliphatic carbocycles. The molecule has 1 aromatic carbocycles. The number of nitrogens with one attached hydrogen (secondary N) is 1. The van der Waals surface area contributed by atoms with Crippen molar-refractivity contribution in [1.29, 1.82) is 0 Å². The van der Waals surface area contributed by atoms with Gasteiger partial charge in [0.05, 0.1) is 16.8 Å². The largest absolute Gasteiger partial charge is 0.449 e. The monoisotopic (exact) mass is 357 g/mol. The van der Waals surface area contributed by atoms with Gasteiger partial charge in [0.2, 0.25) is 0 Å². The Hall–Kier alpha value is -3.29. The van der Waals surface area contributed by atoms with Gasteiger partial charge in [0.1, 0.15) is 11.6 Å². The Labute approximate surface area is 148 Å². The van der Waals surface area contributed by atoms with Gasteiger partial charge in [-0.05, 0) is 39.0 Å². The Kier molecular flexibility index (Phi) is 4.66. The number of pyridine rings is 1. The summed E-state index contributed by atoms with van der Waals surface area (Å²) in [7, 11) is 0. The second-order valence-corrected chi connectivity index (χ2v) is 5.82. The summed E-state index contributed by atoms with van der Waals surface area (Å²) in [6.45, 7) is 4.75. The number of nitrogens with zero attached hydrogens (tertiary/aromatic N) is 2. The molecule has 134 valence electrons. The zero-order chi connectivity index (χ0) is 18.8. The molecule has 0 saturated heterocycles. The van der Waals surface area contributed by atoms with E-state index in [4.69, 9.17) is 9.26 Å². The molecule has 0 radical (unpaired) electrons. The van der Waals surface area contributed by atoms with Gasteiger partial charge in [-0.2, -0.15) is 0 Å². The van der Waals surface area contributed by atoms with E-state index in [1.807, 2.05) is 0 Å². The zero-order valence-electron chi connectivity index (χ0n) is 14.4. The highest BCUT2D eigenvalue weighted by Crippen LogP contribution is 2.19. The maximum absolute atomic E-state index is 13.3. The van der Waals surface area contributed by atoms with E-state index in [0.29, 0.717) is 22.4 Å². The fraction of sp³-hybridized carbons (Fsp3) is 0.222. The van der Waals surface area contributed by atoms with E-state index in [1.165, 1.54) is 25.1 Å². The number of aromatic nitrogens is 2. The molecule has 1 N–H and O–H groups in total. The first-order chi connectivity index (χ1) is 12.3. The molecule has 0 aliphatic heterocycles. The van der Waals surface area contributed by atoms with Gasteiger partial charge in [-0.15, -0.1) is 0 Å². The van der Waals surface area contributed by atoms with E-state index < -0.39 is 23.8 Å². The molecule has 26 heavy (non-hydrogen) atoms. The number of carbonyl (C=O) groups is 2. The van der Waals surface area contributed by atoms with Crippen molar-refractivity contribution in [3.63, 3.8) is 0 Å². The number of rotatable bonds is 4. The number of aryl methyl sites for hydroxylation is 2. The maximum atomic E-state index is 13.3. The lowest BCUT2D eigenvalue weighted by Crippen LogP contribution is -2.30. The quantitative estimate of drug-likeness (QED) is 0.721. The van der Waals surface area contributed by atoms with Crippen LogP contribution in [0.5, 0.6) is 0 Å². The summed E-state index contributed by atoms with van der Waals surface area (Å²) in [5.41, 5.74) is 1.03. The van der Waals surface area contributed by atoms with Crippen LogP contribution in [0, 0.1) is 19.7 Å². The van der Waals surface area contributed by atoms with Crippen LogP contribution in [-0.2, 0) is 9.53 Å². The van der Waals surface area contributed by atoms with Gasteiger partial charge >= 0.3 is 5.97 Å². The van der Waals surface area contributed by atoms with Crippen molar-refractivity contribution in [2.75, 3.05) is 5.32 Å². The van der Waals surface area contributed by atoms with Crippen LogP contribution in [0.25, 0.3) is 10.9 Å². The molecule has 0 aliphatic rings. The van der Waals surface area contributed by atoms with Crippen LogP contribution in [0.2, 0.25) is 0 Å². The van der Waals surface area contributed by atoms with Crippen molar-refractivity contribution in [1.82, 2.24) is 10.1 Å². The van der Waals surface area contributed by atoms with Crippen molar-refractivity contribution in [2.45, 2.75) is 26.9 Å². The van der Waals surface area contributed by atoms with Gasteiger partial charge in [-0.1, -0.05) is 5.16 Å². The van der Waals surface area contributed by atoms with E-state index in [-0.39, 0.29) is 11.4 Å². The number of anilines is 1. The number of hydrogen-bond acceptors (Lipinski definition) is 6. The second-order valence-electron chi connectivity index (χ2n) is 5.82. The number of hydrogen-bond donors (Lipinski definition) is 1. The molecule has 1 amide bonds. The number of halogens is 1. The third-order valence-corrected chi connectivity index (χ3v) is 3.72. The minimum absolute atomic E-state index is 0.209. The van der Waals surface area contributed by atoms with Gasteiger partial charge in [-0.3, -0.25) is 9.78 Å². The van der Waals surface area contributed by atoms with Crippen molar-refractivity contribution in [3.05, 3.63) is 53.2 Å². The summed E-state index contributed by atoms with van der Waals surface area (Å²) in [5.74, 6) is -0.867. The SMILES string of the molecule is Cc1cc(NC(=O)[C@H](C)OC(=O)c2cc3ccc(F)cc3nc2C)no1. The number of amides is 1. The first-order valence-electron chi connectivity index (χ1n) is 7.85. The van der Waals surface area contributed by atoms with Crippen LogP contribution in [0.4, 0.5) is 10.2 Å². The van der Waals surface area contributed by atoms with E-state index in [9.17, 15) is 14.0 Å². The van der Waals surface area contributed by atoms with Crippen molar-refractivity contribution >= 4 is 28.6 Å². The van der Waals surface area contributed by atoms with Gasteiger partial charge in [0, 0.05) is 17.5 Å². The first kappa shape index (κ1) is 17.5. The predicted molar refractivity (Wildman–Crippen MR) is 91.2 cm³/mol. The topological polar surface area (TPSA) is 94.3 Å². The van der Waals surface area contributed by atoms with Crippen LogP contribution < -0.4 is 5.32 Å². The molecule has 0 fully saturated rings. The molecule has 1 atom stereocenters. The maximum Gasteiger partial charge on any atom is 0.340 e. The summed E-state index contributed by atoms with van der Waals surface area (Å²) >= 11 is 0. The Bertz CT molecular complexity index is 999. The molecule has 0 unspecified atom stereocenters. The Morgan fingerprint density at radius 3 is 2.69 bits per heavy atom. The van der Waals surface area contributed by atoms with Crippen molar-refractivity contribution in [2.24, 2.45) is 0 Å². The van der Waals surface area contributed by atoms with Crippen LogP contribution in [-0.4, -0.2) is 28.1 Å². The van der Waals surface area contributed by atoms with Crippen molar-refractivity contribution < 1.29 is 23.2 Å². The number of benzene rings is 1.